The molecule has 2 saturated heterocycles. The normalized spacial score (nSPS) is 34.7. The Morgan fingerprint density at radius 3 is 2.74 bits per heavy atom. The summed E-state index contributed by atoms with van der Waals surface area (Å²) in [6, 6.07) is 0. The number of sulfone groups is 1. The predicted molar refractivity (Wildman–Crippen MR) is 72.6 cm³/mol. The quantitative estimate of drug-likeness (QED) is 0.781. The van der Waals surface area contributed by atoms with Crippen LogP contribution in [0.3, 0.4) is 0 Å². The molecule has 0 aliphatic carbocycles. The first-order valence-corrected chi connectivity index (χ1v) is 8.83. The molecule has 0 aromatic heterocycles. The fraction of sp³-hybridized carbons (Fsp3) is 0.923. The van der Waals surface area contributed by atoms with E-state index in [0.29, 0.717) is 18.6 Å². The number of hydrogen-bond donors (Lipinski definition) is 1. The topological polar surface area (TPSA) is 72.5 Å². The van der Waals surface area contributed by atoms with Crippen molar-refractivity contribution in [1.82, 2.24) is 5.32 Å². The second-order valence-corrected chi connectivity index (χ2v) is 8.01. The highest BCUT2D eigenvalue weighted by Crippen LogP contribution is 2.32. The monoisotopic (exact) mass is 289 g/mol. The summed E-state index contributed by atoms with van der Waals surface area (Å²) in [7, 11) is -1.52. The van der Waals surface area contributed by atoms with Crippen LogP contribution in [0.25, 0.3) is 0 Å². The summed E-state index contributed by atoms with van der Waals surface area (Å²) in [6.45, 7) is 0.800. The Morgan fingerprint density at radius 2 is 2.16 bits per heavy atom. The average Bonchev–Trinajstić information content (AvgIpc) is 2.37. The molecule has 0 bridgehead atoms. The van der Waals surface area contributed by atoms with Gasteiger partial charge in [0.25, 0.3) is 0 Å². The van der Waals surface area contributed by atoms with Gasteiger partial charge in [0.05, 0.1) is 18.6 Å². The smallest absolute Gasteiger partial charge is 0.326 e. The first-order chi connectivity index (χ1) is 8.97. The summed E-state index contributed by atoms with van der Waals surface area (Å²) in [4.78, 5) is 12.1. The third kappa shape index (κ3) is 3.48. The van der Waals surface area contributed by atoms with E-state index in [-0.39, 0.29) is 17.6 Å². The number of piperidine rings is 1. The zero-order valence-corrected chi connectivity index (χ0v) is 12.3. The number of carbonyl (C=O) groups is 1. The minimum atomic E-state index is -2.92. The second kappa shape index (κ2) is 5.79. The van der Waals surface area contributed by atoms with Crippen molar-refractivity contribution in [2.75, 3.05) is 25.2 Å². The molecule has 2 aliphatic heterocycles. The van der Waals surface area contributed by atoms with Crippen molar-refractivity contribution >= 4 is 15.8 Å². The molecule has 2 fully saturated rings. The zero-order valence-electron chi connectivity index (χ0n) is 11.5. The number of hydrogen-bond acceptors (Lipinski definition) is 5. The van der Waals surface area contributed by atoms with Crippen molar-refractivity contribution in [3.63, 3.8) is 0 Å². The Hall–Kier alpha value is -0.620. The van der Waals surface area contributed by atoms with Crippen LogP contribution < -0.4 is 5.32 Å². The van der Waals surface area contributed by atoms with E-state index in [1.807, 2.05) is 0 Å². The summed E-state index contributed by atoms with van der Waals surface area (Å²) < 4.78 is 28.4. The highest BCUT2D eigenvalue weighted by Gasteiger charge is 2.43. The summed E-state index contributed by atoms with van der Waals surface area (Å²) in [5.41, 5.74) is -0.662. The van der Waals surface area contributed by atoms with E-state index in [4.69, 9.17) is 4.74 Å². The van der Waals surface area contributed by atoms with Gasteiger partial charge < -0.3 is 10.1 Å². The molecule has 5 nitrogen and oxygen atoms in total. The summed E-state index contributed by atoms with van der Waals surface area (Å²) >= 11 is 0. The van der Waals surface area contributed by atoms with Gasteiger partial charge in [0.2, 0.25) is 0 Å². The van der Waals surface area contributed by atoms with E-state index in [0.717, 1.165) is 32.2 Å². The molecule has 6 heteroatoms. The third-order valence-electron chi connectivity index (χ3n) is 4.26. The van der Waals surface area contributed by atoms with Gasteiger partial charge in [0.15, 0.2) is 9.84 Å². The molecule has 0 radical (unpaired) electrons. The highest BCUT2D eigenvalue weighted by atomic mass is 32.2. The Kier molecular flexibility index (Phi) is 4.50. The molecule has 0 saturated carbocycles. The van der Waals surface area contributed by atoms with Gasteiger partial charge in [0, 0.05) is 0 Å². The molecule has 2 heterocycles. The Labute approximate surface area is 115 Å². The predicted octanol–water partition coefficient (Wildman–Crippen LogP) is 0.887. The standard InChI is InChI=1S/C13H23NO4S/c1-18-12(15)13(6-2-3-7-14-13)9-11-5-4-8-19(16,17)10-11/h11,14H,2-10H2,1H3. The van der Waals surface area contributed by atoms with Crippen molar-refractivity contribution in [2.45, 2.75) is 44.1 Å². The van der Waals surface area contributed by atoms with Crippen LogP contribution in [0.5, 0.6) is 0 Å². The number of rotatable bonds is 3. The van der Waals surface area contributed by atoms with Crippen molar-refractivity contribution in [2.24, 2.45) is 5.92 Å². The van der Waals surface area contributed by atoms with Crippen molar-refractivity contribution in [1.29, 1.82) is 0 Å². The number of nitrogens with one attached hydrogen (secondary N) is 1. The van der Waals surface area contributed by atoms with Crippen LogP contribution >= 0.6 is 0 Å². The van der Waals surface area contributed by atoms with E-state index in [1.165, 1.54) is 7.11 Å². The van der Waals surface area contributed by atoms with Gasteiger partial charge >= 0.3 is 5.97 Å². The molecular weight excluding hydrogens is 266 g/mol. The van der Waals surface area contributed by atoms with Gasteiger partial charge in [0.1, 0.15) is 5.54 Å². The average molecular weight is 289 g/mol. The lowest BCUT2D eigenvalue weighted by Gasteiger charge is -2.39. The SMILES string of the molecule is COC(=O)C1(CC2CCCS(=O)(=O)C2)CCCCN1. The van der Waals surface area contributed by atoms with Crippen LogP contribution in [0, 0.1) is 5.92 Å². The Morgan fingerprint density at radius 1 is 1.37 bits per heavy atom. The van der Waals surface area contributed by atoms with Crippen molar-refractivity contribution in [3.05, 3.63) is 0 Å². The van der Waals surface area contributed by atoms with E-state index in [2.05, 4.69) is 5.32 Å². The molecule has 1 N–H and O–H groups in total. The van der Waals surface area contributed by atoms with E-state index < -0.39 is 15.4 Å². The molecule has 2 unspecified atom stereocenters. The van der Waals surface area contributed by atoms with Crippen LogP contribution in [-0.2, 0) is 19.4 Å². The Bertz CT molecular complexity index is 426. The van der Waals surface area contributed by atoms with Gasteiger partial charge in [-0.15, -0.1) is 0 Å². The van der Waals surface area contributed by atoms with Crippen molar-refractivity contribution < 1.29 is 17.9 Å². The van der Waals surface area contributed by atoms with Crippen LogP contribution in [0.15, 0.2) is 0 Å². The van der Waals surface area contributed by atoms with Crippen LogP contribution in [0.1, 0.15) is 38.5 Å². The molecule has 2 atom stereocenters. The third-order valence-corrected chi connectivity index (χ3v) is 6.15. The summed E-state index contributed by atoms with van der Waals surface area (Å²) in [5, 5.41) is 3.29. The molecule has 110 valence electrons. The lowest BCUT2D eigenvalue weighted by molar-refractivity contribution is -0.150. The fourth-order valence-corrected chi connectivity index (χ4v) is 5.14. The van der Waals surface area contributed by atoms with Crippen LogP contribution in [0.2, 0.25) is 0 Å². The molecule has 0 spiro atoms. The molecule has 2 aliphatic rings. The molecule has 0 aromatic carbocycles. The minimum absolute atomic E-state index is 0.0726. The van der Waals surface area contributed by atoms with Gasteiger partial charge in [-0.1, -0.05) is 0 Å². The maximum absolute atomic E-state index is 12.1. The number of ether oxygens (including phenoxy) is 1. The Balaban J connectivity index is 2.09. The first kappa shape index (κ1) is 14.8. The molecule has 2 rings (SSSR count). The number of esters is 1. The minimum Gasteiger partial charge on any atom is -0.468 e. The number of methoxy groups -OCH3 is 1. The molecule has 0 aromatic rings. The largest absolute Gasteiger partial charge is 0.468 e. The van der Waals surface area contributed by atoms with Gasteiger partial charge in [-0.05, 0) is 51.0 Å². The van der Waals surface area contributed by atoms with E-state index >= 15 is 0 Å². The maximum Gasteiger partial charge on any atom is 0.326 e. The molecule has 0 amide bonds. The zero-order chi connectivity index (χ0) is 13.9. The van der Waals surface area contributed by atoms with Crippen LogP contribution in [0.4, 0.5) is 0 Å². The van der Waals surface area contributed by atoms with E-state index in [1.54, 1.807) is 0 Å². The highest BCUT2D eigenvalue weighted by molar-refractivity contribution is 7.91. The van der Waals surface area contributed by atoms with Crippen LogP contribution in [-0.4, -0.2) is 45.1 Å². The van der Waals surface area contributed by atoms with E-state index in [9.17, 15) is 13.2 Å². The molecule has 19 heavy (non-hydrogen) atoms. The second-order valence-electron chi connectivity index (χ2n) is 5.78. The lowest BCUT2D eigenvalue weighted by Crippen LogP contribution is -2.56. The van der Waals surface area contributed by atoms with Gasteiger partial charge in [-0.2, -0.15) is 0 Å². The van der Waals surface area contributed by atoms with Gasteiger partial charge in [-0.3, -0.25) is 4.79 Å². The lowest BCUT2D eigenvalue weighted by atomic mass is 9.80. The fourth-order valence-electron chi connectivity index (χ4n) is 3.37. The summed E-state index contributed by atoms with van der Waals surface area (Å²) in [5.74, 6) is 0.342. The molecular formula is C13H23NO4S. The maximum atomic E-state index is 12.1. The number of carbonyl (C=O) groups excluding carboxylic acids is 1. The summed E-state index contributed by atoms with van der Waals surface area (Å²) in [6.07, 6.45) is 4.97. The van der Waals surface area contributed by atoms with Crippen molar-refractivity contribution in [3.8, 4) is 0 Å². The van der Waals surface area contributed by atoms with Gasteiger partial charge in [-0.25, -0.2) is 8.42 Å². The first-order valence-electron chi connectivity index (χ1n) is 7.01.